The number of carbonyl (C=O) groups excluding carboxylic acids is 2. The number of alkyl halides is 3. The highest BCUT2D eigenvalue weighted by atomic mass is 19.4. The van der Waals surface area contributed by atoms with E-state index in [1.54, 1.807) is 0 Å². The van der Waals surface area contributed by atoms with Crippen LogP contribution in [0.5, 0.6) is 0 Å². The second kappa shape index (κ2) is 5.82. The van der Waals surface area contributed by atoms with Crippen molar-refractivity contribution in [2.24, 2.45) is 0 Å². The van der Waals surface area contributed by atoms with Crippen LogP contribution in [0.15, 0.2) is 0 Å². The minimum absolute atomic E-state index is 0.126. The van der Waals surface area contributed by atoms with Crippen LogP contribution in [0.1, 0.15) is 38.5 Å². The number of aliphatic hydroxyl groups is 1. The van der Waals surface area contributed by atoms with Crippen LogP contribution >= 0.6 is 0 Å². The van der Waals surface area contributed by atoms with Gasteiger partial charge >= 0.3 is 6.18 Å². The van der Waals surface area contributed by atoms with E-state index in [1.807, 2.05) is 5.32 Å². The molecule has 2 fully saturated rings. The van der Waals surface area contributed by atoms with Crippen molar-refractivity contribution in [1.29, 1.82) is 0 Å². The molecule has 0 aromatic carbocycles. The zero-order valence-electron chi connectivity index (χ0n) is 11.6. The molecule has 2 aliphatic rings. The van der Waals surface area contributed by atoms with Gasteiger partial charge < -0.3 is 15.3 Å². The van der Waals surface area contributed by atoms with Crippen LogP contribution in [0.25, 0.3) is 0 Å². The molecule has 1 aliphatic heterocycles. The molecule has 8 heteroatoms. The highest BCUT2D eigenvalue weighted by Crippen LogP contribution is 2.45. The number of aliphatic hydroxyl groups excluding tert-OH is 1. The van der Waals surface area contributed by atoms with Crippen molar-refractivity contribution in [3.05, 3.63) is 0 Å². The molecule has 0 aromatic heterocycles. The fourth-order valence-electron chi connectivity index (χ4n) is 2.73. The Labute approximate surface area is 120 Å². The van der Waals surface area contributed by atoms with E-state index in [1.165, 1.54) is 0 Å². The molecular weight excluding hydrogens is 289 g/mol. The van der Waals surface area contributed by atoms with Gasteiger partial charge in [0.2, 0.25) is 5.91 Å². The van der Waals surface area contributed by atoms with Gasteiger partial charge in [-0.15, -0.1) is 0 Å². The molecule has 1 heterocycles. The zero-order chi connectivity index (χ0) is 15.7. The molecule has 0 aromatic rings. The lowest BCUT2D eigenvalue weighted by atomic mass is 9.76. The molecule has 21 heavy (non-hydrogen) atoms. The predicted molar refractivity (Wildman–Crippen MR) is 67.2 cm³/mol. The Morgan fingerprint density at radius 3 is 2.52 bits per heavy atom. The molecular formula is C13H19F3N2O3. The fourth-order valence-corrected chi connectivity index (χ4v) is 2.73. The van der Waals surface area contributed by atoms with Crippen LogP contribution in [0.3, 0.4) is 0 Å². The first-order valence-electron chi connectivity index (χ1n) is 7.10. The third-order valence-electron chi connectivity index (χ3n) is 4.22. The summed E-state index contributed by atoms with van der Waals surface area (Å²) in [4.78, 5) is 24.8. The lowest BCUT2D eigenvalue weighted by molar-refractivity contribution is -0.219. The summed E-state index contributed by atoms with van der Waals surface area (Å²) in [5.74, 6) is -1.41. The van der Waals surface area contributed by atoms with Crippen LogP contribution in [-0.2, 0) is 9.59 Å². The highest BCUT2D eigenvalue weighted by molar-refractivity contribution is 5.87. The smallest absolute Gasteiger partial charge is 0.383 e. The van der Waals surface area contributed by atoms with Crippen LogP contribution in [0.2, 0.25) is 0 Å². The third kappa shape index (κ3) is 3.30. The number of hydrogen-bond acceptors (Lipinski definition) is 3. The van der Waals surface area contributed by atoms with Gasteiger partial charge in [0.05, 0.1) is 6.54 Å². The van der Waals surface area contributed by atoms with E-state index in [-0.39, 0.29) is 19.4 Å². The fraction of sp³-hybridized carbons (Fsp3) is 0.846. The van der Waals surface area contributed by atoms with Gasteiger partial charge in [-0.25, -0.2) is 0 Å². The Kier molecular flexibility index (Phi) is 4.46. The lowest BCUT2D eigenvalue weighted by Crippen LogP contribution is -2.64. The Morgan fingerprint density at radius 1 is 1.33 bits per heavy atom. The summed E-state index contributed by atoms with van der Waals surface area (Å²) in [7, 11) is 0. The van der Waals surface area contributed by atoms with Gasteiger partial charge in [0, 0.05) is 6.54 Å². The third-order valence-corrected chi connectivity index (χ3v) is 4.22. The van der Waals surface area contributed by atoms with Crippen molar-refractivity contribution in [2.75, 3.05) is 13.1 Å². The zero-order valence-corrected chi connectivity index (χ0v) is 11.6. The first-order valence-corrected chi connectivity index (χ1v) is 7.10. The van der Waals surface area contributed by atoms with E-state index in [0.29, 0.717) is 25.7 Å². The first kappa shape index (κ1) is 16.1. The highest BCUT2D eigenvalue weighted by Gasteiger charge is 2.59. The SMILES string of the molecule is O=C(CN1CCCCC(O)C1=O)NC1(C(F)(F)F)CCC1. The predicted octanol–water partition coefficient (Wildman–Crippen LogP) is 0.961. The minimum Gasteiger partial charge on any atom is -0.383 e. The molecule has 2 N–H and O–H groups in total. The van der Waals surface area contributed by atoms with Crippen LogP contribution in [0.4, 0.5) is 13.2 Å². The van der Waals surface area contributed by atoms with E-state index in [9.17, 15) is 27.9 Å². The monoisotopic (exact) mass is 308 g/mol. The molecule has 5 nitrogen and oxygen atoms in total. The molecule has 120 valence electrons. The van der Waals surface area contributed by atoms with Crippen LogP contribution < -0.4 is 5.32 Å². The number of rotatable bonds is 3. The van der Waals surface area contributed by atoms with E-state index < -0.39 is 36.2 Å². The molecule has 0 radical (unpaired) electrons. The standard InChI is InChI=1S/C13H19F3N2O3/c14-13(15,16)12(5-3-6-12)17-10(20)8-18-7-2-1-4-9(19)11(18)21/h9,19H,1-8H2,(H,17,20). The molecule has 1 unspecified atom stereocenters. The topological polar surface area (TPSA) is 69.6 Å². The average Bonchev–Trinajstić information content (AvgIpc) is 2.48. The normalized spacial score (nSPS) is 26.0. The van der Waals surface area contributed by atoms with Crippen molar-refractivity contribution in [3.8, 4) is 0 Å². The van der Waals surface area contributed by atoms with Gasteiger partial charge in [-0.05, 0) is 38.5 Å². The Morgan fingerprint density at radius 2 is 2.00 bits per heavy atom. The summed E-state index contributed by atoms with van der Waals surface area (Å²) in [5.41, 5.74) is -2.14. The molecule has 2 amide bonds. The molecule has 1 saturated heterocycles. The maximum Gasteiger partial charge on any atom is 0.411 e. The second-order valence-electron chi connectivity index (χ2n) is 5.75. The molecule has 1 aliphatic carbocycles. The van der Waals surface area contributed by atoms with Gasteiger partial charge in [-0.2, -0.15) is 13.2 Å². The van der Waals surface area contributed by atoms with Gasteiger partial charge in [-0.3, -0.25) is 9.59 Å². The maximum absolute atomic E-state index is 13.0. The summed E-state index contributed by atoms with van der Waals surface area (Å²) in [6, 6.07) is 0. The Bertz CT molecular complexity index is 421. The molecule has 1 atom stereocenters. The maximum atomic E-state index is 13.0. The van der Waals surface area contributed by atoms with E-state index >= 15 is 0 Å². The number of likely N-dealkylation sites (tertiary alicyclic amines) is 1. The number of hydrogen-bond donors (Lipinski definition) is 2. The molecule has 2 rings (SSSR count). The lowest BCUT2D eigenvalue weighted by Gasteiger charge is -2.43. The Balaban J connectivity index is 1.96. The molecule has 0 bridgehead atoms. The first-order chi connectivity index (χ1) is 9.75. The summed E-state index contributed by atoms with van der Waals surface area (Å²) in [6.07, 6.45) is -3.88. The number of carbonyl (C=O) groups is 2. The number of halogens is 3. The Hall–Kier alpha value is -1.31. The van der Waals surface area contributed by atoms with E-state index in [4.69, 9.17) is 0 Å². The van der Waals surface area contributed by atoms with Gasteiger partial charge in [0.1, 0.15) is 11.6 Å². The summed E-state index contributed by atoms with van der Waals surface area (Å²) in [6.45, 7) is -0.157. The molecule has 0 spiro atoms. The largest absolute Gasteiger partial charge is 0.411 e. The van der Waals surface area contributed by atoms with Crippen LogP contribution in [-0.4, -0.2) is 52.7 Å². The summed E-state index contributed by atoms with van der Waals surface area (Å²) in [5, 5.41) is 11.6. The number of nitrogens with zero attached hydrogens (tertiary/aromatic N) is 1. The van der Waals surface area contributed by atoms with Gasteiger partial charge in [0.25, 0.3) is 5.91 Å². The van der Waals surface area contributed by atoms with Crippen molar-refractivity contribution < 1.29 is 27.9 Å². The van der Waals surface area contributed by atoms with Gasteiger partial charge in [0.15, 0.2) is 0 Å². The van der Waals surface area contributed by atoms with Crippen molar-refractivity contribution in [2.45, 2.75) is 56.3 Å². The second-order valence-corrected chi connectivity index (χ2v) is 5.75. The summed E-state index contributed by atoms with van der Waals surface area (Å²) >= 11 is 0. The minimum atomic E-state index is -4.48. The molecule has 1 saturated carbocycles. The van der Waals surface area contributed by atoms with Crippen LogP contribution in [0, 0.1) is 0 Å². The van der Waals surface area contributed by atoms with E-state index in [0.717, 1.165) is 4.90 Å². The van der Waals surface area contributed by atoms with Crippen molar-refractivity contribution in [3.63, 3.8) is 0 Å². The van der Waals surface area contributed by atoms with Gasteiger partial charge in [-0.1, -0.05) is 0 Å². The van der Waals surface area contributed by atoms with Crippen molar-refractivity contribution in [1.82, 2.24) is 10.2 Å². The summed E-state index contributed by atoms with van der Waals surface area (Å²) < 4.78 is 38.9. The number of amides is 2. The average molecular weight is 308 g/mol. The van der Waals surface area contributed by atoms with E-state index in [2.05, 4.69) is 0 Å². The number of nitrogens with one attached hydrogen (secondary N) is 1. The quantitative estimate of drug-likeness (QED) is 0.816. The van der Waals surface area contributed by atoms with Crippen molar-refractivity contribution >= 4 is 11.8 Å².